The molecule has 0 bridgehead atoms. The third kappa shape index (κ3) is 2.35. The molecule has 0 saturated carbocycles. The van der Waals surface area contributed by atoms with E-state index in [2.05, 4.69) is 71.4 Å². The summed E-state index contributed by atoms with van der Waals surface area (Å²) in [4.78, 5) is 0. The van der Waals surface area contributed by atoms with Crippen LogP contribution in [0, 0.1) is 0 Å². The number of rotatable bonds is 1. The van der Waals surface area contributed by atoms with E-state index < -0.39 is 0 Å². The number of hydrogen-bond donors (Lipinski definition) is 1. The van der Waals surface area contributed by atoms with Gasteiger partial charge >= 0.3 is 0 Å². The number of nitrogens with two attached hydrogens (primary N) is 1. The second-order valence-electron chi connectivity index (χ2n) is 5.65. The lowest BCUT2D eigenvalue weighted by Crippen LogP contribution is -2.38. The zero-order chi connectivity index (χ0) is 13.5. The van der Waals surface area contributed by atoms with Gasteiger partial charge < -0.3 is 5.73 Å². The highest BCUT2D eigenvalue weighted by molar-refractivity contribution is 9.10. The van der Waals surface area contributed by atoms with Crippen molar-refractivity contribution >= 4 is 15.9 Å². The Morgan fingerprint density at radius 1 is 1.11 bits per heavy atom. The van der Waals surface area contributed by atoms with Crippen molar-refractivity contribution in [1.82, 2.24) is 0 Å². The summed E-state index contributed by atoms with van der Waals surface area (Å²) >= 11 is 3.50. The summed E-state index contributed by atoms with van der Waals surface area (Å²) in [7, 11) is 0. The van der Waals surface area contributed by atoms with Crippen LogP contribution in [0.15, 0.2) is 53.0 Å². The van der Waals surface area contributed by atoms with Crippen molar-refractivity contribution in [2.45, 2.75) is 31.2 Å². The van der Waals surface area contributed by atoms with Crippen LogP contribution in [0.25, 0.3) is 0 Å². The summed E-state index contributed by atoms with van der Waals surface area (Å²) in [6.45, 7) is 2.14. The predicted molar refractivity (Wildman–Crippen MR) is 83.2 cm³/mol. The van der Waals surface area contributed by atoms with Crippen LogP contribution in [0.3, 0.4) is 0 Å². The van der Waals surface area contributed by atoms with Gasteiger partial charge in [0.25, 0.3) is 0 Å². The zero-order valence-corrected chi connectivity index (χ0v) is 12.7. The third-order valence-electron chi connectivity index (χ3n) is 4.18. The van der Waals surface area contributed by atoms with Gasteiger partial charge in [-0.15, -0.1) is 0 Å². The molecule has 98 valence electrons. The maximum atomic E-state index is 6.45. The Hall–Kier alpha value is -1.12. The van der Waals surface area contributed by atoms with Crippen LogP contribution >= 0.6 is 15.9 Å². The van der Waals surface area contributed by atoms with Gasteiger partial charge in [-0.25, -0.2) is 0 Å². The van der Waals surface area contributed by atoms with Crippen LogP contribution in [0.4, 0.5) is 0 Å². The monoisotopic (exact) mass is 315 g/mol. The average molecular weight is 316 g/mol. The summed E-state index contributed by atoms with van der Waals surface area (Å²) < 4.78 is 1.13. The number of hydrogen-bond acceptors (Lipinski definition) is 1. The quantitative estimate of drug-likeness (QED) is 0.821. The van der Waals surface area contributed by atoms with Crippen molar-refractivity contribution in [1.29, 1.82) is 0 Å². The fourth-order valence-corrected chi connectivity index (χ4v) is 3.36. The van der Waals surface area contributed by atoms with Crippen LogP contribution in [0.1, 0.15) is 42.4 Å². The SMILES string of the molecule is CC1(N)CCC(c2ccc(Br)cc2)c2ccccc21. The normalized spacial score (nSPS) is 25.9. The molecule has 3 rings (SSSR count). The molecule has 1 nitrogen and oxygen atoms in total. The molecule has 2 aromatic carbocycles. The lowest BCUT2D eigenvalue weighted by atomic mass is 9.71. The molecule has 0 fully saturated rings. The summed E-state index contributed by atoms with van der Waals surface area (Å²) in [5.41, 5.74) is 10.3. The minimum absolute atomic E-state index is 0.192. The Labute approximate surface area is 123 Å². The molecule has 0 amide bonds. The van der Waals surface area contributed by atoms with Gasteiger partial charge in [0.2, 0.25) is 0 Å². The van der Waals surface area contributed by atoms with E-state index >= 15 is 0 Å². The van der Waals surface area contributed by atoms with Crippen LogP contribution < -0.4 is 5.73 Å². The van der Waals surface area contributed by atoms with Crippen LogP contribution in [-0.2, 0) is 5.54 Å². The summed E-state index contributed by atoms with van der Waals surface area (Å²) in [5, 5.41) is 0. The summed E-state index contributed by atoms with van der Waals surface area (Å²) in [5.74, 6) is 0.473. The first-order valence-corrected chi connectivity index (χ1v) is 7.51. The van der Waals surface area contributed by atoms with E-state index in [4.69, 9.17) is 5.73 Å². The topological polar surface area (TPSA) is 26.0 Å². The van der Waals surface area contributed by atoms with Gasteiger partial charge in [0.15, 0.2) is 0 Å². The van der Waals surface area contributed by atoms with E-state index in [9.17, 15) is 0 Å². The van der Waals surface area contributed by atoms with Gasteiger partial charge in [0.1, 0.15) is 0 Å². The number of benzene rings is 2. The summed E-state index contributed by atoms with van der Waals surface area (Å²) in [6, 6.07) is 17.3. The molecule has 0 aromatic heterocycles. The highest BCUT2D eigenvalue weighted by Crippen LogP contribution is 2.42. The minimum Gasteiger partial charge on any atom is -0.322 e. The maximum absolute atomic E-state index is 6.45. The highest BCUT2D eigenvalue weighted by atomic mass is 79.9. The maximum Gasteiger partial charge on any atom is 0.0384 e. The molecule has 2 heteroatoms. The first-order chi connectivity index (χ1) is 9.08. The van der Waals surface area contributed by atoms with Crippen LogP contribution in [0.5, 0.6) is 0 Å². The molecular formula is C17H18BrN. The van der Waals surface area contributed by atoms with E-state index in [1.54, 1.807) is 0 Å². The Morgan fingerprint density at radius 3 is 2.53 bits per heavy atom. The van der Waals surface area contributed by atoms with E-state index in [1.165, 1.54) is 16.7 Å². The first kappa shape index (κ1) is 12.9. The van der Waals surface area contributed by atoms with E-state index in [0.29, 0.717) is 5.92 Å². The van der Waals surface area contributed by atoms with Crippen molar-refractivity contribution in [2.24, 2.45) is 5.73 Å². The molecule has 0 spiro atoms. The molecule has 19 heavy (non-hydrogen) atoms. The molecule has 2 aromatic rings. The molecule has 1 aliphatic carbocycles. The van der Waals surface area contributed by atoms with Gasteiger partial charge in [0, 0.05) is 15.9 Å². The van der Waals surface area contributed by atoms with Crippen molar-refractivity contribution in [3.05, 3.63) is 69.7 Å². The highest BCUT2D eigenvalue weighted by Gasteiger charge is 2.33. The smallest absolute Gasteiger partial charge is 0.0384 e. The van der Waals surface area contributed by atoms with Crippen LogP contribution in [0.2, 0.25) is 0 Å². The van der Waals surface area contributed by atoms with Gasteiger partial charge in [-0.2, -0.15) is 0 Å². The molecule has 0 saturated heterocycles. The zero-order valence-electron chi connectivity index (χ0n) is 11.1. The number of halogens is 1. The Bertz CT molecular complexity index is 586. The fraction of sp³-hybridized carbons (Fsp3) is 0.294. The third-order valence-corrected chi connectivity index (χ3v) is 4.70. The van der Waals surface area contributed by atoms with Crippen molar-refractivity contribution in [3.8, 4) is 0 Å². The van der Waals surface area contributed by atoms with Gasteiger partial charge in [-0.1, -0.05) is 52.3 Å². The standard InChI is InChI=1S/C17H18BrN/c1-17(19)11-10-14(12-6-8-13(18)9-7-12)15-4-2-3-5-16(15)17/h2-9,14H,10-11,19H2,1H3. The Balaban J connectivity index is 2.08. The number of fused-ring (bicyclic) bond motifs is 1. The largest absolute Gasteiger partial charge is 0.322 e. The van der Waals surface area contributed by atoms with Gasteiger partial charge in [0.05, 0.1) is 0 Å². The lowest BCUT2D eigenvalue weighted by molar-refractivity contribution is 0.391. The van der Waals surface area contributed by atoms with Gasteiger partial charge in [-0.3, -0.25) is 0 Å². The lowest BCUT2D eigenvalue weighted by Gasteiger charge is -2.37. The molecule has 1 aliphatic rings. The Kier molecular flexibility index (Phi) is 3.23. The van der Waals surface area contributed by atoms with Crippen molar-refractivity contribution < 1.29 is 0 Å². The van der Waals surface area contributed by atoms with Crippen LogP contribution in [-0.4, -0.2) is 0 Å². The second-order valence-corrected chi connectivity index (χ2v) is 6.56. The molecule has 2 unspecified atom stereocenters. The molecule has 0 radical (unpaired) electrons. The predicted octanol–water partition coefficient (Wildman–Crippen LogP) is 4.55. The van der Waals surface area contributed by atoms with E-state index in [1.807, 2.05) is 0 Å². The fourth-order valence-electron chi connectivity index (χ4n) is 3.10. The van der Waals surface area contributed by atoms with Gasteiger partial charge in [-0.05, 0) is 48.6 Å². The summed E-state index contributed by atoms with van der Waals surface area (Å²) in [6.07, 6.45) is 2.15. The Morgan fingerprint density at radius 2 is 1.79 bits per heavy atom. The first-order valence-electron chi connectivity index (χ1n) is 6.72. The second kappa shape index (κ2) is 4.77. The molecule has 0 heterocycles. The molecular weight excluding hydrogens is 298 g/mol. The molecule has 2 N–H and O–H groups in total. The van der Waals surface area contributed by atoms with E-state index in [0.717, 1.165) is 17.3 Å². The average Bonchev–Trinajstić information content (AvgIpc) is 2.41. The minimum atomic E-state index is -0.192. The molecule has 0 aliphatic heterocycles. The van der Waals surface area contributed by atoms with Crippen molar-refractivity contribution in [3.63, 3.8) is 0 Å². The van der Waals surface area contributed by atoms with Crippen molar-refractivity contribution in [2.75, 3.05) is 0 Å². The molecule has 2 atom stereocenters. The van der Waals surface area contributed by atoms with E-state index in [-0.39, 0.29) is 5.54 Å².